The minimum atomic E-state index is -2.44. The van der Waals surface area contributed by atoms with Gasteiger partial charge in [-0.15, -0.1) is 0 Å². The Labute approximate surface area is 205 Å². The van der Waals surface area contributed by atoms with Gasteiger partial charge in [0.25, 0.3) is 0 Å². The Balaban J connectivity index is 1.40. The summed E-state index contributed by atoms with van der Waals surface area (Å²) in [7, 11) is 0.830. The van der Waals surface area contributed by atoms with Crippen molar-refractivity contribution < 1.29 is 14.0 Å². The van der Waals surface area contributed by atoms with E-state index in [1.54, 1.807) is 20.4 Å². The van der Waals surface area contributed by atoms with E-state index in [0.717, 1.165) is 47.5 Å². The lowest BCUT2D eigenvalue weighted by atomic mass is 10.2. The van der Waals surface area contributed by atoms with E-state index in [1.807, 2.05) is 24.3 Å². The predicted octanol–water partition coefficient (Wildman–Crippen LogP) is 3.71. The van der Waals surface area contributed by atoms with Crippen LogP contribution in [0.3, 0.4) is 0 Å². The number of ether oxygens (including phenoxy) is 2. The number of pyridine rings is 1. The minimum Gasteiger partial charge on any atom is -0.495 e. The first-order valence-electron chi connectivity index (χ1n) is 12.0. The Kier molecular flexibility index (Phi) is 6.70. The fourth-order valence-electron chi connectivity index (χ4n) is 4.76. The monoisotopic (exact) mass is 494 g/mol. The van der Waals surface area contributed by atoms with Crippen molar-refractivity contribution in [2.75, 3.05) is 63.4 Å². The smallest absolute Gasteiger partial charge is 0.143 e. The second-order valence-electron chi connectivity index (χ2n) is 9.13. The van der Waals surface area contributed by atoms with Gasteiger partial charge in [-0.1, -0.05) is 0 Å². The number of hydrogen-bond donors (Lipinski definition) is 3. The van der Waals surface area contributed by atoms with Crippen LogP contribution in [0.4, 0.5) is 17.2 Å². The van der Waals surface area contributed by atoms with Gasteiger partial charge in [0.1, 0.15) is 30.4 Å². The number of H-pyrrole nitrogens is 1. The first kappa shape index (κ1) is 23.7. The average Bonchev–Trinajstić information content (AvgIpc) is 3.64. The molecule has 0 unspecified atom stereocenters. The van der Waals surface area contributed by atoms with Crippen LogP contribution in [0, 0.1) is 11.3 Å². The zero-order valence-electron chi connectivity index (χ0n) is 20.1. The summed E-state index contributed by atoms with van der Waals surface area (Å²) in [6.07, 6.45) is 5.67. The molecule has 1 saturated heterocycles. The van der Waals surface area contributed by atoms with Crippen molar-refractivity contribution >= 4 is 40.7 Å². The van der Waals surface area contributed by atoms with Gasteiger partial charge in [-0.25, -0.2) is 4.98 Å². The lowest BCUT2D eigenvalue weighted by Crippen LogP contribution is -2.38. The third-order valence-electron chi connectivity index (χ3n) is 6.86. The maximum Gasteiger partial charge on any atom is 0.143 e. The number of methoxy groups -OCH3 is 2. The number of fused-ring (bicyclic) bond motifs is 1. The molecule has 1 saturated carbocycles. The molecule has 1 aliphatic carbocycles. The molecule has 9 nitrogen and oxygen atoms in total. The van der Waals surface area contributed by atoms with Crippen molar-refractivity contribution in [3.05, 3.63) is 36.0 Å². The van der Waals surface area contributed by atoms with Crippen LogP contribution in [-0.4, -0.2) is 73.7 Å². The van der Waals surface area contributed by atoms with Crippen LogP contribution in [-0.2, 0) is 9.30 Å². The van der Waals surface area contributed by atoms with E-state index in [1.165, 1.54) is 12.8 Å². The fourth-order valence-corrected chi connectivity index (χ4v) is 7.35. The molecule has 0 radical (unpaired) electrons. The highest BCUT2D eigenvalue weighted by Gasteiger charge is 2.37. The van der Waals surface area contributed by atoms with Gasteiger partial charge in [-0.3, -0.25) is 4.90 Å². The van der Waals surface area contributed by atoms with Gasteiger partial charge in [-0.05, 0) is 31.0 Å². The molecule has 3 N–H and O–H groups in total. The quantitative estimate of drug-likeness (QED) is 0.305. The van der Waals surface area contributed by atoms with E-state index < -0.39 is 7.14 Å². The minimum absolute atomic E-state index is 0.526. The summed E-state index contributed by atoms with van der Waals surface area (Å²) in [5.74, 6) is 1.22. The lowest BCUT2D eigenvalue weighted by molar-refractivity contribution is 0.211. The standard InChI is InChI=1S/C25H31N6O3P/c1-33-10-7-27-21-14-23(30-25-24(21)17(15-26)16-28-25)29-20-6-5-19(13-22(20)34-2)35(32)11-8-31(9-12-35)18-3-4-18/h5-6,13-14,16,18H,3-4,7-12H2,1-2H3,(H3,27,28,29,30). The highest BCUT2D eigenvalue weighted by Crippen LogP contribution is 2.49. The molecule has 0 bridgehead atoms. The number of benzene rings is 1. The van der Waals surface area contributed by atoms with E-state index in [-0.39, 0.29) is 0 Å². The van der Waals surface area contributed by atoms with Crippen molar-refractivity contribution in [1.82, 2.24) is 14.9 Å². The first-order chi connectivity index (χ1) is 17.0. The number of nitrogens with one attached hydrogen (secondary N) is 3. The van der Waals surface area contributed by atoms with Crippen LogP contribution in [0.1, 0.15) is 18.4 Å². The normalized spacial score (nSPS) is 17.7. The first-order valence-corrected chi connectivity index (χ1v) is 14.0. The average molecular weight is 495 g/mol. The van der Waals surface area contributed by atoms with Gasteiger partial charge in [0.05, 0.1) is 36.0 Å². The van der Waals surface area contributed by atoms with Crippen molar-refractivity contribution in [3.8, 4) is 11.8 Å². The summed E-state index contributed by atoms with van der Waals surface area (Å²) >= 11 is 0. The molecule has 2 aromatic heterocycles. The molecule has 184 valence electrons. The second-order valence-corrected chi connectivity index (χ2v) is 12.3. The molecule has 10 heteroatoms. The Hall–Kier alpha value is -3.05. The number of anilines is 3. The van der Waals surface area contributed by atoms with Crippen molar-refractivity contribution in [3.63, 3.8) is 0 Å². The largest absolute Gasteiger partial charge is 0.495 e. The maximum atomic E-state index is 13.7. The Bertz CT molecular complexity index is 1300. The molecular weight excluding hydrogens is 463 g/mol. The summed E-state index contributed by atoms with van der Waals surface area (Å²) in [6, 6.07) is 10.6. The van der Waals surface area contributed by atoms with Crippen molar-refractivity contribution in [1.29, 1.82) is 5.26 Å². The zero-order chi connectivity index (χ0) is 24.4. The molecule has 2 fully saturated rings. The molecule has 1 aliphatic heterocycles. The molecule has 3 heterocycles. The molecule has 5 rings (SSSR count). The van der Waals surface area contributed by atoms with Crippen LogP contribution >= 0.6 is 7.14 Å². The Morgan fingerprint density at radius 1 is 1.23 bits per heavy atom. The van der Waals surface area contributed by atoms with Crippen LogP contribution in [0.5, 0.6) is 5.75 Å². The van der Waals surface area contributed by atoms with Crippen molar-refractivity contribution in [2.24, 2.45) is 0 Å². The molecule has 0 spiro atoms. The van der Waals surface area contributed by atoms with Gasteiger partial charge in [0.2, 0.25) is 0 Å². The van der Waals surface area contributed by atoms with Crippen LogP contribution in [0.15, 0.2) is 30.5 Å². The Morgan fingerprint density at radius 2 is 2.03 bits per heavy atom. The molecule has 1 aromatic carbocycles. The molecule has 2 aliphatic rings. The Morgan fingerprint density at radius 3 is 2.71 bits per heavy atom. The zero-order valence-corrected chi connectivity index (χ0v) is 21.0. The third kappa shape index (κ3) is 4.87. The second kappa shape index (κ2) is 9.90. The predicted molar refractivity (Wildman–Crippen MR) is 139 cm³/mol. The van der Waals surface area contributed by atoms with Gasteiger partial charge in [0, 0.05) is 62.7 Å². The molecule has 35 heavy (non-hydrogen) atoms. The number of aromatic amines is 1. The summed E-state index contributed by atoms with van der Waals surface area (Å²) in [5.41, 5.74) is 2.66. The van der Waals surface area contributed by atoms with E-state index >= 15 is 0 Å². The lowest BCUT2D eigenvalue weighted by Gasteiger charge is -2.32. The van der Waals surface area contributed by atoms with Gasteiger partial charge >= 0.3 is 0 Å². The fraction of sp³-hybridized carbons (Fsp3) is 0.440. The number of hydrogen-bond acceptors (Lipinski definition) is 8. The van der Waals surface area contributed by atoms with E-state index in [9.17, 15) is 9.83 Å². The summed E-state index contributed by atoms with van der Waals surface area (Å²) in [6.45, 7) is 2.95. The summed E-state index contributed by atoms with van der Waals surface area (Å²) in [5, 5.41) is 17.8. The topological polar surface area (TPSA) is 115 Å². The summed E-state index contributed by atoms with van der Waals surface area (Å²) in [4.78, 5) is 10.2. The molecular formula is C25H31N6O3P. The van der Waals surface area contributed by atoms with Gasteiger partial charge in [-0.2, -0.15) is 5.26 Å². The van der Waals surface area contributed by atoms with Crippen LogP contribution in [0.25, 0.3) is 11.0 Å². The number of aromatic nitrogens is 2. The van der Waals surface area contributed by atoms with E-state index in [4.69, 9.17) is 9.47 Å². The third-order valence-corrected chi connectivity index (χ3v) is 9.93. The van der Waals surface area contributed by atoms with Gasteiger partial charge in [0.15, 0.2) is 0 Å². The summed E-state index contributed by atoms with van der Waals surface area (Å²) < 4.78 is 24.6. The molecule has 0 atom stereocenters. The highest BCUT2D eigenvalue weighted by molar-refractivity contribution is 7.71. The van der Waals surface area contributed by atoms with Crippen LogP contribution < -0.4 is 20.7 Å². The molecule has 3 aromatic rings. The number of rotatable bonds is 9. The number of nitriles is 1. The van der Waals surface area contributed by atoms with Crippen LogP contribution in [0.2, 0.25) is 0 Å². The maximum absolute atomic E-state index is 13.7. The highest BCUT2D eigenvalue weighted by atomic mass is 31.2. The van der Waals surface area contributed by atoms with Gasteiger partial charge < -0.3 is 29.7 Å². The van der Waals surface area contributed by atoms with E-state index in [2.05, 4.69) is 31.6 Å². The SMILES string of the molecule is COCCNc1cc(Nc2ccc(P3(=O)CCN(C4CC4)CC3)cc2OC)nc2[nH]cc(C#N)c12. The number of nitrogens with zero attached hydrogens (tertiary/aromatic N) is 3. The molecule has 0 amide bonds. The van der Waals surface area contributed by atoms with E-state index in [0.29, 0.717) is 42.0 Å². The van der Waals surface area contributed by atoms with Crippen molar-refractivity contribution in [2.45, 2.75) is 18.9 Å².